The first kappa shape index (κ1) is 21.5. The van der Waals surface area contributed by atoms with E-state index in [-0.39, 0.29) is 12.2 Å². The fraction of sp³-hybridized carbons (Fsp3) is 0.667. The minimum absolute atomic E-state index is 0.105. The molecule has 0 saturated heterocycles. The number of Topliss-reactive ketones (excluding diaryl/α,β-unsaturated/α-hetero) is 1. The molecule has 142 valence electrons. The predicted octanol–water partition coefficient (Wildman–Crippen LogP) is 5.01. The van der Waals surface area contributed by atoms with Crippen molar-refractivity contribution in [3.8, 4) is 11.5 Å². The van der Waals surface area contributed by atoms with E-state index in [2.05, 4.69) is 6.92 Å². The van der Waals surface area contributed by atoms with Crippen LogP contribution >= 0.6 is 0 Å². The second kappa shape index (κ2) is 11.1. The number of methoxy groups -OCH3 is 2. The zero-order valence-corrected chi connectivity index (χ0v) is 16.3. The summed E-state index contributed by atoms with van der Waals surface area (Å²) in [5.74, 6) is 1.27. The minimum Gasteiger partial charge on any atom is -0.493 e. The number of benzene rings is 1. The molecule has 25 heavy (non-hydrogen) atoms. The molecule has 1 N–H and O–H groups in total. The first-order valence-corrected chi connectivity index (χ1v) is 9.41. The van der Waals surface area contributed by atoms with E-state index in [1.54, 1.807) is 39.3 Å². The van der Waals surface area contributed by atoms with Gasteiger partial charge in [0.1, 0.15) is 5.78 Å². The van der Waals surface area contributed by atoms with Gasteiger partial charge in [0.2, 0.25) is 0 Å². The molecule has 0 aliphatic rings. The lowest BCUT2D eigenvalue weighted by molar-refractivity contribution is -0.123. The average molecular weight is 350 g/mol. The lowest BCUT2D eigenvalue weighted by atomic mass is 9.89. The molecule has 1 rings (SSSR count). The lowest BCUT2D eigenvalue weighted by Gasteiger charge is -2.24. The number of unbranched alkanes of at least 4 members (excludes halogenated alkanes) is 6. The Balaban J connectivity index is 2.47. The SMILES string of the molecule is CCCCCCCCCC(=O)CC(C)(O)c1ccc(OC)c(OC)c1. The van der Waals surface area contributed by atoms with Gasteiger partial charge in [0.05, 0.1) is 19.8 Å². The van der Waals surface area contributed by atoms with Gasteiger partial charge in [-0.15, -0.1) is 0 Å². The number of hydrogen-bond acceptors (Lipinski definition) is 4. The van der Waals surface area contributed by atoms with Gasteiger partial charge in [0, 0.05) is 12.8 Å². The molecule has 4 heteroatoms. The molecule has 1 aromatic rings. The van der Waals surface area contributed by atoms with Crippen LogP contribution < -0.4 is 9.47 Å². The lowest BCUT2D eigenvalue weighted by Crippen LogP contribution is -2.25. The third kappa shape index (κ3) is 7.47. The van der Waals surface area contributed by atoms with Gasteiger partial charge in [-0.1, -0.05) is 51.5 Å². The van der Waals surface area contributed by atoms with Crippen LogP contribution in [0.1, 0.15) is 77.2 Å². The molecule has 1 atom stereocenters. The Hall–Kier alpha value is -1.55. The van der Waals surface area contributed by atoms with Crippen molar-refractivity contribution in [2.75, 3.05) is 14.2 Å². The van der Waals surface area contributed by atoms with Crippen LogP contribution in [0.15, 0.2) is 18.2 Å². The van der Waals surface area contributed by atoms with Gasteiger partial charge in [-0.05, 0) is 31.0 Å². The zero-order valence-electron chi connectivity index (χ0n) is 16.3. The highest BCUT2D eigenvalue weighted by atomic mass is 16.5. The van der Waals surface area contributed by atoms with Crippen LogP contribution in [0.4, 0.5) is 0 Å². The molecule has 4 nitrogen and oxygen atoms in total. The van der Waals surface area contributed by atoms with Crippen molar-refractivity contribution in [3.63, 3.8) is 0 Å². The second-order valence-corrected chi connectivity index (χ2v) is 6.93. The fourth-order valence-electron chi connectivity index (χ4n) is 3.02. The average Bonchev–Trinajstić information content (AvgIpc) is 2.59. The summed E-state index contributed by atoms with van der Waals surface area (Å²) >= 11 is 0. The first-order valence-electron chi connectivity index (χ1n) is 9.41. The van der Waals surface area contributed by atoms with Gasteiger partial charge in [0.25, 0.3) is 0 Å². The maximum absolute atomic E-state index is 12.2. The van der Waals surface area contributed by atoms with Crippen LogP contribution in [0.2, 0.25) is 0 Å². The highest BCUT2D eigenvalue weighted by molar-refractivity contribution is 5.79. The van der Waals surface area contributed by atoms with Gasteiger partial charge in [-0.2, -0.15) is 0 Å². The van der Waals surface area contributed by atoms with Crippen molar-refractivity contribution in [1.82, 2.24) is 0 Å². The highest BCUT2D eigenvalue weighted by Gasteiger charge is 2.27. The topological polar surface area (TPSA) is 55.8 Å². The maximum Gasteiger partial charge on any atom is 0.161 e. The number of aliphatic hydroxyl groups is 1. The molecule has 0 aliphatic carbocycles. The van der Waals surface area contributed by atoms with E-state index in [0.717, 1.165) is 12.8 Å². The van der Waals surface area contributed by atoms with Gasteiger partial charge in [-0.25, -0.2) is 0 Å². The summed E-state index contributed by atoms with van der Waals surface area (Å²) in [5.41, 5.74) is -0.532. The zero-order chi connectivity index (χ0) is 18.7. The Labute approximate surface area is 152 Å². The van der Waals surface area contributed by atoms with Crippen LogP contribution in [0.5, 0.6) is 11.5 Å². The van der Waals surface area contributed by atoms with Crippen molar-refractivity contribution in [2.45, 2.75) is 77.2 Å². The van der Waals surface area contributed by atoms with Crippen molar-refractivity contribution in [1.29, 1.82) is 0 Å². The molecular formula is C21H34O4. The van der Waals surface area contributed by atoms with E-state index in [9.17, 15) is 9.90 Å². The van der Waals surface area contributed by atoms with Crippen LogP contribution in [0.25, 0.3) is 0 Å². The minimum atomic E-state index is -1.20. The molecule has 0 radical (unpaired) electrons. The Bertz CT molecular complexity index is 523. The van der Waals surface area contributed by atoms with E-state index in [4.69, 9.17) is 9.47 Å². The molecule has 0 heterocycles. The molecule has 0 aromatic heterocycles. The van der Waals surface area contributed by atoms with Crippen LogP contribution in [0.3, 0.4) is 0 Å². The monoisotopic (exact) mass is 350 g/mol. The second-order valence-electron chi connectivity index (χ2n) is 6.93. The summed E-state index contributed by atoms with van der Waals surface area (Å²) in [7, 11) is 3.13. The molecule has 0 aliphatic heterocycles. The third-order valence-electron chi connectivity index (χ3n) is 4.61. The highest BCUT2D eigenvalue weighted by Crippen LogP contribution is 2.34. The Morgan fingerprint density at radius 2 is 1.60 bits per heavy atom. The van der Waals surface area contributed by atoms with Crippen LogP contribution in [-0.4, -0.2) is 25.1 Å². The van der Waals surface area contributed by atoms with Crippen molar-refractivity contribution in [2.24, 2.45) is 0 Å². The smallest absolute Gasteiger partial charge is 0.161 e. The van der Waals surface area contributed by atoms with E-state index in [1.807, 2.05) is 0 Å². The molecule has 0 amide bonds. The molecule has 0 saturated carbocycles. The largest absolute Gasteiger partial charge is 0.493 e. The summed E-state index contributed by atoms with van der Waals surface area (Å²) in [4.78, 5) is 12.2. The molecule has 1 aromatic carbocycles. The third-order valence-corrected chi connectivity index (χ3v) is 4.61. The van der Waals surface area contributed by atoms with E-state index < -0.39 is 5.60 Å². The summed E-state index contributed by atoms with van der Waals surface area (Å²) in [6.07, 6.45) is 8.95. The number of carbonyl (C=O) groups is 1. The van der Waals surface area contributed by atoms with E-state index in [0.29, 0.717) is 23.5 Å². The summed E-state index contributed by atoms with van der Waals surface area (Å²) in [6, 6.07) is 5.27. The number of ether oxygens (including phenoxy) is 2. The number of hydrogen-bond donors (Lipinski definition) is 1. The number of carbonyl (C=O) groups excluding carboxylic acids is 1. The first-order chi connectivity index (χ1) is 11.9. The predicted molar refractivity (Wildman–Crippen MR) is 101 cm³/mol. The fourth-order valence-corrected chi connectivity index (χ4v) is 3.02. The van der Waals surface area contributed by atoms with Gasteiger partial charge < -0.3 is 14.6 Å². The van der Waals surface area contributed by atoms with Crippen LogP contribution in [-0.2, 0) is 10.4 Å². The quantitative estimate of drug-likeness (QED) is 0.508. The Kier molecular flexibility index (Phi) is 9.58. The van der Waals surface area contributed by atoms with E-state index >= 15 is 0 Å². The van der Waals surface area contributed by atoms with Crippen molar-refractivity contribution < 1.29 is 19.4 Å². The molecule has 0 bridgehead atoms. The molecule has 1 unspecified atom stereocenters. The summed E-state index contributed by atoms with van der Waals surface area (Å²) < 4.78 is 10.5. The molecule has 0 fully saturated rings. The molecule has 0 spiro atoms. The Morgan fingerprint density at radius 3 is 2.20 bits per heavy atom. The van der Waals surface area contributed by atoms with Gasteiger partial charge >= 0.3 is 0 Å². The van der Waals surface area contributed by atoms with Crippen molar-refractivity contribution in [3.05, 3.63) is 23.8 Å². The summed E-state index contributed by atoms with van der Waals surface area (Å²) in [5, 5.41) is 10.7. The molecular weight excluding hydrogens is 316 g/mol. The van der Waals surface area contributed by atoms with Crippen molar-refractivity contribution >= 4 is 5.78 Å². The van der Waals surface area contributed by atoms with Gasteiger partial charge in [0.15, 0.2) is 11.5 Å². The maximum atomic E-state index is 12.2. The number of rotatable bonds is 13. The van der Waals surface area contributed by atoms with Gasteiger partial charge in [-0.3, -0.25) is 4.79 Å². The normalized spacial score (nSPS) is 13.3. The van der Waals surface area contributed by atoms with Crippen LogP contribution in [0, 0.1) is 0 Å². The van der Waals surface area contributed by atoms with E-state index in [1.165, 1.54) is 32.1 Å². The standard InChI is InChI=1S/C21H34O4/c1-5-6-7-8-9-10-11-12-18(22)16-21(2,23)17-13-14-19(24-3)20(15-17)25-4/h13-15,23H,5-12,16H2,1-4H3. The number of ketones is 1. The Morgan fingerprint density at radius 1 is 1.00 bits per heavy atom. The summed E-state index contributed by atoms with van der Waals surface area (Å²) in [6.45, 7) is 3.89.